The van der Waals surface area contributed by atoms with Gasteiger partial charge in [0.2, 0.25) is 0 Å². The molecule has 1 aromatic rings. The van der Waals surface area contributed by atoms with E-state index in [2.05, 4.69) is 28.1 Å². The number of aryl methyl sites for hydroxylation is 1. The molecule has 1 aromatic carbocycles. The lowest BCUT2D eigenvalue weighted by atomic mass is 10.00. The van der Waals surface area contributed by atoms with Crippen molar-refractivity contribution in [2.24, 2.45) is 0 Å². The number of rotatable bonds is 10. The molecule has 0 spiro atoms. The van der Waals surface area contributed by atoms with Crippen LogP contribution in [0.4, 0.5) is 13.2 Å². The first-order chi connectivity index (χ1) is 13.0. The third kappa shape index (κ3) is 7.31. The van der Waals surface area contributed by atoms with Gasteiger partial charge in [0.15, 0.2) is 0 Å². The van der Waals surface area contributed by atoms with Crippen molar-refractivity contribution in [3.8, 4) is 0 Å². The molecule has 1 atom stereocenters. The molecule has 0 saturated heterocycles. The molecule has 0 bridgehead atoms. The second kappa shape index (κ2) is 10.7. The maximum Gasteiger partial charge on any atom is 0.534 e. The van der Waals surface area contributed by atoms with Gasteiger partial charge in [-0.3, -0.25) is 4.90 Å². The predicted molar refractivity (Wildman–Crippen MR) is 105 cm³/mol. The van der Waals surface area contributed by atoms with Gasteiger partial charge in [-0.15, -0.1) is 0 Å². The Morgan fingerprint density at radius 3 is 2.32 bits per heavy atom. The van der Waals surface area contributed by atoms with E-state index in [0.717, 1.165) is 18.4 Å². The van der Waals surface area contributed by atoms with Gasteiger partial charge in [0.05, 0.1) is 0 Å². The van der Waals surface area contributed by atoms with Crippen molar-refractivity contribution >= 4 is 10.1 Å². The summed E-state index contributed by atoms with van der Waals surface area (Å²) in [4.78, 5) is 2.06. The Labute approximate surface area is 165 Å². The molecule has 0 aliphatic rings. The molecule has 1 rings (SSSR count). The van der Waals surface area contributed by atoms with Crippen LogP contribution in [0.15, 0.2) is 48.3 Å². The van der Waals surface area contributed by atoms with Gasteiger partial charge in [-0.2, -0.15) is 21.6 Å². The fourth-order valence-electron chi connectivity index (χ4n) is 2.67. The Hall–Kier alpha value is -1.80. The van der Waals surface area contributed by atoms with Crippen molar-refractivity contribution in [1.29, 1.82) is 0 Å². The zero-order chi connectivity index (χ0) is 21.4. The molecule has 0 aromatic heterocycles. The van der Waals surface area contributed by atoms with Gasteiger partial charge in [-0.25, -0.2) is 0 Å². The predicted octanol–water partition coefficient (Wildman–Crippen LogP) is 5.48. The van der Waals surface area contributed by atoms with Crippen molar-refractivity contribution < 1.29 is 25.8 Å². The normalized spacial score (nSPS) is 14.6. The number of benzene rings is 1. The highest BCUT2D eigenvalue weighted by atomic mass is 32.2. The topological polar surface area (TPSA) is 46.6 Å². The molecule has 0 amide bonds. The maximum atomic E-state index is 12.5. The van der Waals surface area contributed by atoms with E-state index >= 15 is 0 Å². The van der Waals surface area contributed by atoms with E-state index in [1.165, 1.54) is 17.7 Å². The van der Waals surface area contributed by atoms with Crippen LogP contribution in [-0.2, 0) is 14.3 Å². The van der Waals surface area contributed by atoms with E-state index in [1.807, 2.05) is 26.1 Å². The standard InChI is InChI=1S/C20H28F3NO3S/c1-5-8-18(27-28(25,26)20(21,22)23)10-7-15-24(4)19(9-6-2)17-13-11-16(3)12-14-17/h7-8,10-14,19H,5-6,9,15H2,1-4H3/b10-7-,18-8+. The summed E-state index contributed by atoms with van der Waals surface area (Å²) >= 11 is 0. The average molecular weight is 420 g/mol. The summed E-state index contributed by atoms with van der Waals surface area (Å²) in [5.41, 5.74) is -3.13. The summed E-state index contributed by atoms with van der Waals surface area (Å²) in [6.45, 7) is 6.21. The summed E-state index contributed by atoms with van der Waals surface area (Å²) in [7, 11) is -3.76. The van der Waals surface area contributed by atoms with Crippen LogP contribution in [0, 0.1) is 6.92 Å². The molecule has 1 unspecified atom stereocenters. The molecular weight excluding hydrogens is 391 g/mol. The highest BCUT2D eigenvalue weighted by Gasteiger charge is 2.48. The third-order valence-corrected chi connectivity index (χ3v) is 5.11. The van der Waals surface area contributed by atoms with E-state index in [9.17, 15) is 21.6 Å². The molecular formula is C20H28F3NO3S. The quantitative estimate of drug-likeness (QED) is 0.218. The van der Waals surface area contributed by atoms with Crippen molar-refractivity contribution in [3.05, 3.63) is 59.4 Å². The molecule has 0 N–H and O–H groups in total. The molecule has 4 nitrogen and oxygen atoms in total. The number of nitrogens with zero attached hydrogens (tertiary/aromatic N) is 1. The van der Waals surface area contributed by atoms with Gasteiger partial charge >= 0.3 is 15.6 Å². The lowest BCUT2D eigenvalue weighted by molar-refractivity contribution is -0.0519. The number of alkyl halides is 3. The van der Waals surface area contributed by atoms with Crippen molar-refractivity contribution in [1.82, 2.24) is 4.90 Å². The van der Waals surface area contributed by atoms with Crippen LogP contribution in [0.2, 0.25) is 0 Å². The first-order valence-corrected chi connectivity index (χ1v) is 10.6. The molecule has 0 radical (unpaired) electrons. The Balaban J connectivity index is 2.88. The molecule has 0 saturated carbocycles. The molecule has 0 aliphatic heterocycles. The summed E-state index contributed by atoms with van der Waals surface area (Å²) < 4.78 is 64.2. The fourth-order valence-corrected chi connectivity index (χ4v) is 3.14. The van der Waals surface area contributed by atoms with Crippen LogP contribution in [-0.4, -0.2) is 32.4 Å². The minimum absolute atomic E-state index is 0.147. The van der Waals surface area contributed by atoms with Crippen molar-refractivity contribution in [3.63, 3.8) is 0 Å². The van der Waals surface area contributed by atoms with Gasteiger partial charge in [-0.05, 0) is 44.5 Å². The molecule has 0 aliphatic carbocycles. The van der Waals surface area contributed by atoms with E-state index < -0.39 is 15.6 Å². The molecule has 8 heteroatoms. The third-order valence-electron chi connectivity index (χ3n) is 4.13. The van der Waals surface area contributed by atoms with Crippen LogP contribution >= 0.6 is 0 Å². The minimum atomic E-state index is -5.67. The fraction of sp³-hybridized carbons (Fsp3) is 0.500. The summed E-state index contributed by atoms with van der Waals surface area (Å²) in [6.07, 6.45) is 6.39. The molecule has 0 fully saturated rings. The number of hydrogen-bond donors (Lipinski definition) is 0. The van der Waals surface area contributed by atoms with Crippen LogP contribution in [0.3, 0.4) is 0 Å². The lowest BCUT2D eigenvalue weighted by Gasteiger charge is -2.27. The van der Waals surface area contributed by atoms with E-state index in [1.54, 1.807) is 13.0 Å². The van der Waals surface area contributed by atoms with Gasteiger partial charge in [-0.1, -0.05) is 56.2 Å². The number of allylic oxidation sites excluding steroid dienone is 2. The van der Waals surface area contributed by atoms with Crippen LogP contribution in [0.25, 0.3) is 0 Å². The van der Waals surface area contributed by atoms with Gasteiger partial charge < -0.3 is 4.18 Å². The van der Waals surface area contributed by atoms with Crippen molar-refractivity contribution in [2.45, 2.75) is 51.6 Å². The number of hydrogen-bond acceptors (Lipinski definition) is 4. The van der Waals surface area contributed by atoms with Gasteiger partial charge in [0.25, 0.3) is 0 Å². The Morgan fingerprint density at radius 2 is 1.82 bits per heavy atom. The van der Waals surface area contributed by atoms with Crippen molar-refractivity contribution in [2.75, 3.05) is 13.6 Å². The smallest absolute Gasteiger partial charge is 0.376 e. The zero-order valence-electron chi connectivity index (χ0n) is 16.7. The first kappa shape index (κ1) is 24.2. The van der Waals surface area contributed by atoms with Crippen LogP contribution < -0.4 is 0 Å². The summed E-state index contributed by atoms with van der Waals surface area (Å²) in [5, 5.41) is 0. The number of halogens is 3. The highest BCUT2D eigenvalue weighted by Crippen LogP contribution is 2.27. The monoisotopic (exact) mass is 419 g/mol. The molecule has 28 heavy (non-hydrogen) atoms. The van der Waals surface area contributed by atoms with Crippen LogP contribution in [0.5, 0.6) is 0 Å². The summed E-state index contributed by atoms with van der Waals surface area (Å²) in [6, 6.07) is 8.36. The average Bonchev–Trinajstić information content (AvgIpc) is 2.59. The van der Waals surface area contributed by atoms with E-state index in [0.29, 0.717) is 13.0 Å². The first-order valence-electron chi connectivity index (χ1n) is 9.16. The molecule has 158 valence electrons. The Bertz CT molecular complexity index is 769. The maximum absolute atomic E-state index is 12.5. The van der Waals surface area contributed by atoms with Gasteiger partial charge in [0, 0.05) is 12.6 Å². The Kier molecular flexibility index (Phi) is 9.23. The minimum Gasteiger partial charge on any atom is -0.376 e. The zero-order valence-corrected chi connectivity index (χ0v) is 17.5. The lowest BCUT2D eigenvalue weighted by Crippen LogP contribution is -2.25. The highest BCUT2D eigenvalue weighted by molar-refractivity contribution is 7.87. The summed E-state index contributed by atoms with van der Waals surface area (Å²) in [5.74, 6) is -0.337. The van der Waals surface area contributed by atoms with Gasteiger partial charge in [0.1, 0.15) is 5.76 Å². The SMILES string of the molecule is CC/C=C(\C=C/CN(C)C(CCC)c1ccc(C)cc1)OS(=O)(=O)C(F)(F)F. The number of likely N-dealkylation sites (N-methyl/N-ethyl adjacent to an activating group) is 1. The van der Waals surface area contributed by atoms with E-state index in [-0.39, 0.29) is 11.8 Å². The largest absolute Gasteiger partial charge is 0.534 e. The van der Waals surface area contributed by atoms with E-state index in [4.69, 9.17) is 0 Å². The Morgan fingerprint density at radius 1 is 1.21 bits per heavy atom. The van der Waals surface area contributed by atoms with Crippen LogP contribution in [0.1, 0.15) is 50.3 Å². The second-order valence-corrected chi connectivity index (χ2v) is 8.09. The molecule has 0 heterocycles. The second-order valence-electron chi connectivity index (χ2n) is 6.56.